The topological polar surface area (TPSA) is 25.4 Å². The summed E-state index contributed by atoms with van der Waals surface area (Å²) in [5.41, 5.74) is 3.39. The van der Waals surface area contributed by atoms with Gasteiger partial charge in [-0.3, -0.25) is 4.98 Å². The summed E-state index contributed by atoms with van der Waals surface area (Å²) in [7, 11) is 5.80. The number of nitrogens with zero attached hydrogens (tertiary/aromatic N) is 2. The number of fused-ring (bicyclic) bond motifs is 1. The van der Waals surface area contributed by atoms with Crippen LogP contribution in [0.25, 0.3) is 21.9 Å². The van der Waals surface area contributed by atoms with Gasteiger partial charge in [0, 0.05) is 43.1 Å². The monoisotopic (exact) mass is 278 g/mol. The van der Waals surface area contributed by atoms with E-state index in [4.69, 9.17) is 4.74 Å². The molecule has 0 N–H and O–H groups in total. The maximum absolute atomic E-state index is 5.56. The van der Waals surface area contributed by atoms with Gasteiger partial charge in [0.15, 0.2) is 0 Å². The molecule has 0 atom stereocenters. The molecular formula is C18H18N2O. The quantitative estimate of drug-likeness (QED) is 0.724. The fourth-order valence-corrected chi connectivity index (χ4v) is 2.69. The number of benzene rings is 2. The highest BCUT2D eigenvalue weighted by molar-refractivity contribution is 6.03. The largest absolute Gasteiger partial charge is 0.496 e. The third-order valence-electron chi connectivity index (χ3n) is 3.66. The van der Waals surface area contributed by atoms with Crippen molar-refractivity contribution in [3.63, 3.8) is 0 Å². The lowest BCUT2D eigenvalue weighted by Crippen LogP contribution is -2.10. The van der Waals surface area contributed by atoms with Crippen LogP contribution in [0.4, 0.5) is 5.69 Å². The van der Waals surface area contributed by atoms with Crippen LogP contribution in [0.15, 0.2) is 54.9 Å². The summed E-state index contributed by atoms with van der Waals surface area (Å²) >= 11 is 0. The molecule has 0 saturated carbocycles. The standard InChI is InChI=1S/C18H18N2O/c1-20(2)16-10-11-19-12-15(16)14-8-4-6-13-7-5-9-17(21-3)18(13)14/h4-12H,1-3H3. The third kappa shape index (κ3) is 2.31. The van der Waals surface area contributed by atoms with E-state index in [2.05, 4.69) is 34.1 Å². The van der Waals surface area contributed by atoms with Crippen molar-refractivity contribution in [2.75, 3.05) is 26.1 Å². The van der Waals surface area contributed by atoms with Crippen LogP contribution in [-0.2, 0) is 0 Å². The molecule has 0 radical (unpaired) electrons. The average Bonchev–Trinajstić information content (AvgIpc) is 2.53. The van der Waals surface area contributed by atoms with Crippen molar-refractivity contribution in [1.82, 2.24) is 4.98 Å². The zero-order valence-corrected chi connectivity index (χ0v) is 12.5. The number of ether oxygens (including phenoxy) is 1. The Morgan fingerprint density at radius 3 is 2.43 bits per heavy atom. The fourth-order valence-electron chi connectivity index (χ4n) is 2.69. The SMILES string of the molecule is COc1cccc2cccc(-c3cnccc3N(C)C)c12. The molecule has 0 aliphatic carbocycles. The first kappa shape index (κ1) is 13.4. The van der Waals surface area contributed by atoms with Gasteiger partial charge < -0.3 is 9.64 Å². The number of anilines is 1. The highest BCUT2D eigenvalue weighted by Gasteiger charge is 2.13. The summed E-state index contributed by atoms with van der Waals surface area (Å²) in [6.45, 7) is 0. The van der Waals surface area contributed by atoms with E-state index in [-0.39, 0.29) is 0 Å². The third-order valence-corrected chi connectivity index (χ3v) is 3.66. The Hall–Kier alpha value is -2.55. The smallest absolute Gasteiger partial charge is 0.127 e. The van der Waals surface area contributed by atoms with Crippen LogP contribution >= 0.6 is 0 Å². The number of pyridine rings is 1. The first-order chi connectivity index (χ1) is 10.2. The van der Waals surface area contributed by atoms with Gasteiger partial charge in [0.1, 0.15) is 5.75 Å². The average molecular weight is 278 g/mol. The van der Waals surface area contributed by atoms with Gasteiger partial charge in [-0.15, -0.1) is 0 Å². The van der Waals surface area contributed by atoms with Crippen molar-refractivity contribution >= 4 is 16.5 Å². The second-order valence-electron chi connectivity index (χ2n) is 5.15. The molecule has 0 aliphatic rings. The van der Waals surface area contributed by atoms with E-state index in [9.17, 15) is 0 Å². The summed E-state index contributed by atoms with van der Waals surface area (Å²) in [6, 6.07) is 14.4. The summed E-state index contributed by atoms with van der Waals surface area (Å²) < 4.78 is 5.56. The van der Waals surface area contributed by atoms with Crippen molar-refractivity contribution in [3.8, 4) is 16.9 Å². The molecule has 21 heavy (non-hydrogen) atoms. The minimum Gasteiger partial charge on any atom is -0.496 e. The van der Waals surface area contributed by atoms with Gasteiger partial charge in [-0.1, -0.05) is 30.3 Å². The predicted molar refractivity (Wildman–Crippen MR) is 88.1 cm³/mol. The molecular weight excluding hydrogens is 260 g/mol. The van der Waals surface area contributed by atoms with Crippen molar-refractivity contribution in [3.05, 3.63) is 54.9 Å². The Labute approximate surface area is 124 Å². The Morgan fingerprint density at radius 2 is 1.71 bits per heavy atom. The molecule has 3 nitrogen and oxygen atoms in total. The Bertz CT molecular complexity index is 776. The molecule has 0 saturated heterocycles. The molecule has 3 aromatic rings. The summed E-state index contributed by atoms with van der Waals surface area (Å²) in [5, 5.41) is 2.29. The van der Waals surface area contributed by atoms with Crippen LogP contribution in [0, 0.1) is 0 Å². The molecule has 1 aromatic heterocycles. The first-order valence-corrected chi connectivity index (χ1v) is 6.90. The number of rotatable bonds is 3. The van der Waals surface area contributed by atoms with Gasteiger partial charge in [-0.05, 0) is 23.1 Å². The molecule has 0 bridgehead atoms. The highest BCUT2D eigenvalue weighted by atomic mass is 16.5. The van der Waals surface area contributed by atoms with Crippen LogP contribution < -0.4 is 9.64 Å². The minimum atomic E-state index is 0.886. The van der Waals surface area contributed by atoms with Crippen LogP contribution in [0.3, 0.4) is 0 Å². The zero-order chi connectivity index (χ0) is 14.8. The summed E-state index contributed by atoms with van der Waals surface area (Å²) in [4.78, 5) is 6.40. The van der Waals surface area contributed by atoms with Gasteiger partial charge in [0.05, 0.1) is 7.11 Å². The van der Waals surface area contributed by atoms with E-state index < -0.39 is 0 Å². The summed E-state index contributed by atoms with van der Waals surface area (Å²) in [5.74, 6) is 0.886. The van der Waals surface area contributed by atoms with Crippen molar-refractivity contribution in [2.24, 2.45) is 0 Å². The lowest BCUT2D eigenvalue weighted by molar-refractivity contribution is 0.420. The van der Waals surface area contributed by atoms with E-state index >= 15 is 0 Å². The van der Waals surface area contributed by atoms with E-state index in [0.29, 0.717) is 0 Å². The second-order valence-corrected chi connectivity index (χ2v) is 5.15. The first-order valence-electron chi connectivity index (χ1n) is 6.90. The van der Waals surface area contributed by atoms with Gasteiger partial charge in [0.2, 0.25) is 0 Å². The maximum atomic E-state index is 5.56. The number of hydrogen-bond donors (Lipinski definition) is 0. The van der Waals surface area contributed by atoms with Crippen LogP contribution in [0.2, 0.25) is 0 Å². The van der Waals surface area contributed by atoms with E-state index in [1.54, 1.807) is 7.11 Å². The van der Waals surface area contributed by atoms with Crippen molar-refractivity contribution < 1.29 is 4.74 Å². The van der Waals surface area contributed by atoms with Gasteiger partial charge in [-0.2, -0.15) is 0 Å². The highest BCUT2D eigenvalue weighted by Crippen LogP contribution is 2.38. The summed E-state index contributed by atoms with van der Waals surface area (Å²) in [6.07, 6.45) is 3.73. The van der Waals surface area contributed by atoms with Crippen LogP contribution in [0.5, 0.6) is 5.75 Å². The van der Waals surface area contributed by atoms with E-state index in [0.717, 1.165) is 28.0 Å². The molecule has 0 amide bonds. The Morgan fingerprint density at radius 1 is 0.952 bits per heavy atom. The van der Waals surface area contributed by atoms with E-state index in [1.807, 2.05) is 44.7 Å². The maximum Gasteiger partial charge on any atom is 0.127 e. The van der Waals surface area contributed by atoms with Gasteiger partial charge >= 0.3 is 0 Å². The lowest BCUT2D eigenvalue weighted by atomic mass is 9.97. The molecule has 3 heteroatoms. The van der Waals surface area contributed by atoms with Crippen molar-refractivity contribution in [1.29, 1.82) is 0 Å². The van der Waals surface area contributed by atoms with Crippen LogP contribution in [0.1, 0.15) is 0 Å². The lowest BCUT2D eigenvalue weighted by Gasteiger charge is -2.18. The Balaban J connectivity index is 2.36. The van der Waals surface area contributed by atoms with E-state index in [1.165, 1.54) is 5.39 Å². The van der Waals surface area contributed by atoms with Gasteiger partial charge in [0.25, 0.3) is 0 Å². The number of hydrogen-bond acceptors (Lipinski definition) is 3. The van der Waals surface area contributed by atoms with Crippen molar-refractivity contribution in [2.45, 2.75) is 0 Å². The number of methoxy groups -OCH3 is 1. The Kier molecular flexibility index (Phi) is 3.48. The predicted octanol–water partition coefficient (Wildman–Crippen LogP) is 3.98. The van der Waals surface area contributed by atoms with Crippen LogP contribution in [-0.4, -0.2) is 26.2 Å². The molecule has 0 aliphatic heterocycles. The molecule has 106 valence electrons. The molecule has 3 rings (SSSR count). The fraction of sp³-hybridized carbons (Fsp3) is 0.167. The normalized spacial score (nSPS) is 10.6. The minimum absolute atomic E-state index is 0.886. The molecule has 0 spiro atoms. The van der Waals surface area contributed by atoms with Gasteiger partial charge in [-0.25, -0.2) is 0 Å². The molecule has 2 aromatic carbocycles. The molecule has 0 unspecified atom stereocenters. The molecule has 0 fully saturated rings. The second kappa shape index (κ2) is 5.44. The number of aromatic nitrogens is 1. The molecule has 1 heterocycles. The zero-order valence-electron chi connectivity index (χ0n) is 12.5.